The molecule has 0 spiro atoms. The topological polar surface area (TPSA) is 34.0 Å². The maximum atomic E-state index is 11.4. The lowest BCUT2D eigenvalue weighted by atomic mass is 10.2. The quantitative estimate of drug-likeness (QED) is 0.839. The lowest BCUT2D eigenvalue weighted by Gasteiger charge is -2.07. The van der Waals surface area contributed by atoms with Crippen LogP contribution in [0.5, 0.6) is 0 Å². The van der Waals surface area contributed by atoms with Crippen molar-refractivity contribution in [3.63, 3.8) is 0 Å². The first-order valence-corrected chi connectivity index (χ1v) is 6.24. The Morgan fingerprint density at radius 2 is 2.06 bits per heavy atom. The molecule has 1 N–H and O–H groups in total. The summed E-state index contributed by atoms with van der Waals surface area (Å²) < 4.78 is 1.69. The first kappa shape index (κ1) is 12.9. The lowest BCUT2D eigenvalue weighted by molar-refractivity contribution is 0.585. The number of hydrogen-bond donors (Lipinski definition) is 1. The Morgan fingerprint density at radius 3 is 2.83 bits per heavy atom. The SMILES string of the molecule is O=c1ccccn1CCNCc1cccc(Cl)c1. The number of benzene rings is 1. The van der Waals surface area contributed by atoms with Crippen LogP contribution < -0.4 is 10.9 Å². The Bertz CT molecular complexity index is 565. The molecule has 2 aromatic rings. The van der Waals surface area contributed by atoms with E-state index < -0.39 is 0 Å². The van der Waals surface area contributed by atoms with Crippen LogP contribution >= 0.6 is 11.6 Å². The van der Waals surface area contributed by atoms with Gasteiger partial charge in [-0.25, -0.2) is 0 Å². The minimum Gasteiger partial charge on any atom is -0.314 e. The molecule has 0 fully saturated rings. The molecule has 0 unspecified atom stereocenters. The summed E-state index contributed by atoms with van der Waals surface area (Å²) in [6, 6.07) is 12.9. The van der Waals surface area contributed by atoms with Crippen LogP contribution in [0.2, 0.25) is 5.02 Å². The van der Waals surface area contributed by atoms with E-state index in [0.717, 1.165) is 23.7 Å². The molecular formula is C14H15ClN2O. The smallest absolute Gasteiger partial charge is 0.250 e. The van der Waals surface area contributed by atoms with E-state index in [1.165, 1.54) is 0 Å². The van der Waals surface area contributed by atoms with Gasteiger partial charge in [-0.2, -0.15) is 0 Å². The molecule has 1 aromatic carbocycles. The molecule has 0 aliphatic carbocycles. The fourth-order valence-electron chi connectivity index (χ4n) is 1.72. The third-order valence-corrected chi connectivity index (χ3v) is 2.88. The zero-order chi connectivity index (χ0) is 12.8. The van der Waals surface area contributed by atoms with E-state index in [9.17, 15) is 4.79 Å². The highest BCUT2D eigenvalue weighted by atomic mass is 35.5. The Hall–Kier alpha value is -1.58. The predicted octanol–water partition coefficient (Wildman–Crippen LogP) is 2.29. The van der Waals surface area contributed by atoms with E-state index in [-0.39, 0.29) is 5.56 Å². The van der Waals surface area contributed by atoms with Crippen LogP contribution in [0.15, 0.2) is 53.5 Å². The van der Waals surface area contributed by atoms with Gasteiger partial charge in [-0.15, -0.1) is 0 Å². The normalized spacial score (nSPS) is 10.5. The van der Waals surface area contributed by atoms with Gasteiger partial charge in [0.25, 0.3) is 5.56 Å². The number of aromatic nitrogens is 1. The van der Waals surface area contributed by atoms with Gasteiger partial charge in [0.1, 0.15) is 0 Å². The van der Waals surface area contributed by atoms with Crippen molar-refractivity contribution in [1.82, 2.24) is 9.88 Å². The monoisotopic (exact) mass is 262 g/mol. The number of halogens is 1. The summed E-state index contributed by atoms with van der Waals surface area (Å²) in [6.07, 6.45) is 1.80. The van der Waals surface area contributed by atoms with Gasteiger partial charge in [0.2, 0.25) is 0 Å². The van der Waals surface area contributed by atoms with Crippen molar-refractivity contribution in [2.24, 2.45) is 0 Å². The largest absolute Gasteiger partial charge is 0.314 e. The fourth-order valence-corrected chi connectivity index (χ4v) is 1.94. The van der Waals surface area contributed by atoms with E-state index in [1.807, 2.05) is 30.3 Å². The molecule has 0 saturated carbocycles. The van der Waals surface area contributed by atoms with E-state index in [4.69, 9.17) is 11.6 Å². The number of nitrogens with zero attached hydrogens (tertiary/aromatic N) is 1. The summed E-state index contributed by atoms with van der Waals surface area (Å²) in [6.45, 7) is 2.17. The van der Waals surface area contributed by atoms with Crippen LogP contribution in [-0.4, -0.2) is 11.1 Å². The minimum atomic E-state index is 0.0297. The van der Waals surface area contributed by atoms with Gasteiger partial charge in [0, 0.05) is 36.9 Å². The zero-order valence-electron chi connectivity index (χ0n) is 9.97. The third kappa shape index (κ3) is 3.72. The first-order chi connectivity index (χ1) is 8.75. The molecule has 2 rings (SSSR count). The molecule has 18 heavy (non-hydrogen) atoms. The van der Waals surface area contributed by atoms with Crippen molar-refractivity contribution in [3.8, 4) is 0 Å². The highest BCUT2D eigenvalue weighted by molar-refractivity contribution is 6.30. The van der Waals surface area contributed by atoms with Gasteiger partial charge in [-0.3, -0.25) is 4.79 Å². The van der Waals surface area contributed by atoms with Crippen molar-refractivity contribution in [2.45, 2.75) is 13.1 Å². The maximum Gasteiger partial charge on any atom is 0.250 e. The molecule has 0 radical (unpaired) electrons. The average molecular weight is 263 g/mol. The standard InChI is InChI=1S/C14H15ClN2O/c15-13-5-3-4-12(10-13)11-16-7-9-17-8-2-1-6-14(17)18/h1-6,8,10,16H,7,9,11H2. The summed E-state index contributed by atoms with van der Waals surface area (Å²) in [7, 11) is 0. The molecule has 4 heteroatoms. The van der Waals surface area contributed by atoms with Crippen molar-refractivity contribution in [2.75, 3.05) is 6.54 Å². The van der Waals surface area contributed by atoms with E-state index in [1.54, 1.807) is 22.9 Å². The Balaban J connectivity index is 1.80. The van der Waals surface area contributed by atoms with Gasteiger partial charge in [-0.05, 0) is 23.8 Å². The molecule has 0 amide bonds. The van der Waals surface area contributed by atoms with Crippen molar-refractivity contribution < 1.29 is 0 Å². The average Bonchev–Trinajstić information content (AvgIpc) is 2.37. The predicted molar refractivity (Wildman–Crippen MR) is 73.9 cm³/mol. The van der Waals surface area contributed by atoms with Gasteiger partial charge < -0.3 is 9.88 Å². The Labute approximate surface area is 111 Å². The number of nitrogens with one attached hydrogen (secondary N) is 1. The van der Waals surface area contributed by atoms with Crippen molar-refractivity contribution in [1.29, 1.82) is 0 Å². The molecule has 0 bridgehead atoms. The highest BCUT2D eigenvalue weighted by Gasteiger charge is 1.95. The fraction of sp³-hybridized carbons (Fsp3) is 0.214. The van der Waals surface area contributed by atoms with Gasteiger partial charge in [-0.1, -0.05) is 29.8 Å². The lowest BCUT2D eigenvalue weighted by Crippen LogP contribution is -2.25. The van der Waals surface area contributed by atoms with Crippen LogP contribution in [-0.2, 0) is 13.1 Å². The second kappa shape index (κ2) is 6.38. The van der Waals surface area contributed by atoms with E-state index >= 15 is 0 Å². The Morgan fingerprint density at radius 1 is 1.17 bits per heavy atom. The van der Waals surface area contributed by atoms with Crippen LogP contribution in [0.1, 0.15) is 5.56 Å². The van der Waals surface area contributed by atoms with Crippen molar-refractivity contribution in [3.05, 3.63) is 69.6 Å². The maximum absolute atomic E-state index is 11.4. The number of hydrogen-bond acceptors (Lipinski definition) is 2. The molecule has 1 heterocycles. The van der Waals surface area contributed by atoms with Crippen LogP contribution in [0.3, 0.4) is 0 Å². The van der Waals surface area contributed by atoms with Crippen LogP contribution in [0, 0.1) is 0 Å². The van der Waals surface area contributed by atoms with Gasteiger partial charge in [0.05, 0.1) is 0 Å². The second-order valence-electron chi connectivity index (χ2n) is 4.04. The molecular weight excluding hydrogens is 248 g/mol. The summed E-state index contributed by atoms with van der Waals surface area (Å²) in [4.78, 5) is 11.4. The number of rotatable bonds is 5. The molecule has 3 nitrogen and oxygen atoms in total. The van der Waals surface area contributed by atoms with Gasteiger partial charge >= 0.3 is 0 Å². The summed E-state index contributed by atoms with van der Waals surface area (Å²) in [5, 5.41) is 4.03. The van der Waals surface area contributed by atoms with Crippen molar-refractivity contribution >= 4 is 11.6 Å². The zero-order valence-corrected chi connectivity index (χ0v) is 10.7. The summed E-state index contributed by atoms with van der Waals surface area (Å²) >= 11 is 5.90. The van der Waals surface area contributed by atoms with E-state index in [2.05, 4.69) is 5.32 Å². The third-order valence-electron chi connectivity index (χ3n) is 2.65. The van der Waals surface area contributed by atoms with Crippen LogP contribution in [0.4, 0.5) is 0 Å². The number of pyridine rings is 1. The molecule has 0 aliphatic heterocycles. The first-order valence-electron chi connectivity index (χ1n) is 5.86. The van der Waals surface area contributed by atoms with Crippen LogP contribution in [0.25, 0.3) is 0 Å². The second-order valence-corrected chi connectivity index (χ2v) is 4.48. The molecule has 0 saturated heterocycles. The van der Waals surface area contributed by atoms with Gasteiger partial charge in [0.15, 0.2) is 0 Å². The molecule has 0 atom stereocenters. The minimum absolute atomic E-state index is 0.0297. The molecule has 94 valence electrons. The summed E-state index contributed by atoms with van der Waals surface area (Å²) in [5.74, 6) is 0. The Kier molecular flexibility index (Phi) is 4.56. The van der Waals surface area contributed by atoms with E-state index in [0.29, 0.717) is 6.54 Å². The summed E-state index contributed by atoms with van der Waals surface area (Å²) in [5.41, 5.74) is 1.17. The molecule has 0 aliphatic rings. The highest BCUT2D eigenvalue weighted by Crippen LogP contribution is 2.09. The molecule has 1 aromatic heterocycles.